The molecule has 196 valence electrons. The predicted molar refractivity (Wildman–Crippen MR) is 154 cm³/mol. The van der Waals surface area contributed by atoms with Gasteiger partial charge in [0.05, 0.1) is 40.4 Å². The van der Waals surface area contributed by atoms with Crippen LogP contribution in [0.5, 0.6) is 0 Å². The van der Waals surface area contributed by atoms with E-state index in [4.69, 9.17) is 4.98 Å². The predicted octanol–water partition coefficient (Wildman–Crippen LogP) is 6.67. The maximum Gasteiger partial charge on any atom is 0.320 e. The SMILES string of the molecule is Cc1cc(NC(=O)N[C@@]2(C)c3ccccc3C(C)(C)C[C@H]2O)c(-c2ccccc2)nc1-c1ccc(C#N)cc1. The van der Waals surface area contributed by atoms with Crippen LogP contribution in [0.1, 0.15) is 49.4 Å². The van der Waals surface area contributed by atoms with Gasteiger partial charge in [-0.1, -0.05) is 80.6 Å². The molecule has 2 amide bonds. The summed E-state index contributed by atoms with van der Waals surface area (Å²) in [6, 6.07) is 28.6. The highest BCUT2D eigenvalue weighted by molar-refractivity contribution is 5.95. The molecule has 2 atom stereocenters. The molecule has 3 aromatic carbocycles. The maximum absolute atomic E-state index is 13.5. The van der Waals surface area contributed by atoms with Crippen molar-refractivity contribution in [3.8, 4) is 28.6 Å². The number of urea groups is 1. The van der Waals surface area contributed by atoms with E-state index in [2.05, 4.69) is 36.6 Å². The van der Waals surface area contributed by atoms with Gasteiger partial charge in [0.25, 0.3) is 0 Å². The van der Waals surface area contributed by atoms with Crippen molar-refractivity contribution in [2.75, 3.05) is 5.32 Å². The van der Waals surface area contributed by atoms with Crippen molar-refractivity contribution in [1.29, 1.82) is 5.26 Å². The van der Waals surface area contributed by atoms with E-state index in [0.29, 0.717) is 23.4 Å². The van der Waals surface area contributed by atoms with Gasteiger partial charge in [-0.05, 0) is 60.6 Å². The van der Waals surface area contributed by atoms with Gasteiger partial charge < -0.3 is 15.7 Å². The summed E-state index contributed by atoms with van der Waals surface area (Å²) in [6.45, 7) is 8.05. The number of aliphatic hydroxyl groups is 1. The molecule has 39 heavy (non-hydrogen) atoms. The van der Waals surface area contributed by atoms with Crippen LogP contribution in [-0.4, -0.2) is 22.2 Å². The van der Waals surface area contributed by atoms with E-state index in [1.807, 2.05) is 80.6 Å². The lowest BCUT2D eigenvalue weighted by atomic mass is 9.64. The first-order valence-corrected chi connectivity index (χ1v) is 13.1. The number of rotatable bonds is 4. The fraction of sp³-hybridized carbons (Fsp3) is 0.242. The largest absolute Gasteiger partial charge is 0.390 e. The number of carbonyl (C=O) groups is 1. The average Bonchev–Trinajstić information content (AvgIpc) is 2.93. The minimum Gasteiger partial charge on any atom is -0.390 e. The van der Waals surface area contributed by atoms with E-state index in [1.54, 1.807) is 12.1 Å². The number of hydrogen-bond acceptors (Lipinski definition) is 4. The third-order valence-corrected chi connectivity index (χ3v) is 7.75. The number of nitriles is 1. The number of aryl methyl sites for hydroxylation is 1. The number of aliphatic hydroxyl groups excluding tert-OH is 1. The fourth-order valence-electron chi connectivity index (χ4n) is 5.56. The van der Waals surface area contributed by atoms with E-state index >= 15 is 0 Å². The number of aromatic nitrogens is 1. The number of hydrogen-bond donors (Lipinski definition) is 3. The Morgan fingerprint density at radius 1 is 0.923 bits per heavy atom. The number of nitrogens with one attached hydrogen (secondary N) is 2. The second-order valence-electron chi connectivity index (χ2n) is 11.0. The zero-order valence-corrected chi connectivity index (χ0v) is 22.6. The van der Waals surface area contributed by atoms with E-state index in [1.165, 1.54) is 0 Å². The number of pyridine rings is 1. The van der Waals surface area contributed by atoms with Crippen LogP contribution in [0.25, 0.3) is 22.5 Å². The van der Waals surface area contributed by atoms with Crippen molar-refractivity contribution in [2.24, 2.45) is 0 Å². The van der Waals surface area contributed by atoms with E-state index in [0.717, 1.165) is 33.5 Å². The van der Waals surface area contributed by atoms with Gasteiger partial charge >= 0.3 is 6.03 Å². The van der Waals surface area contributed by atoms with Gasteiger partial charge in [0.1, 0.15) is 0 Å². The number of amides is 2. The van der Waals surface area contributed by atoms with Crippen LogP contribution in [0.15, 0.2) is 84.9 Å². The molecule has 6 nitrogen and oxygen atoms in total. The first-order valence-electron chi connectivity index (χ1n) is 13.1. The lowest BCUT2D eigenvalue weighted by molar-refractivity contribution is 0.0374. The number of benzene rings is 3. The molecule has 6 heteroatoms. The van der Waals surface area contributed by atoms with Gasteiger partial charge in [-0.3, -0.25) is 0 Å². The molecular formula is C33H32N4O2. The summed E-state index contributed by atoms with van der Waals surface area (Å²) < 4.78 is 0. The average molecular weight is 517 g/mol. The summed E-state index contributed by atoms with van der Waals surface area (Å²) >= 11 is 0. The number of carbonyl (C=O) groups excluding carboxylic acids is 1. The van der Waals surface area contributed by atoms with Crippen LogP contribution in [-0.2, 0) is 11.0 Å². The van der Waals surface area contributed by atoms with Crippen molar-refractivity contribution < 1.29 is 9.90 Å². The molecule has 1 aliphatic carbocycles. The molecule has 4 aromatic rings. The number of fused-ring (bicyclic) bond motifs is 1. The van der Waals surface area contributed by atoms with Crippen molar-refractivity contribution >= 4 is 11.7 Å². The monoisotopic (exact) mass is 516 g/mol. The molecule has 0 aliphatic heterocycles. The molecule has 0 fully saturated rings. The molecule has 0 unspecified atom stereocenters. The Kier molecular flexibility index (Phi) is 6.71. The summed E-state index contributed by atoms with van der Waals surface area (Å²) in [4.78, 5) is 18.5. The first-order chi connectivity index (χ1) is 18.6. The molecule has 1 heterocycles. The topological polar surface area (TPSA) is 98.0 Å². The molecule has 0 saturated carbocycles. The van der Waals surface area contributed by atoms with Crippen LogP contribution in [0.2, 0.25) is 0 Å². The molecule has 0 bridgehead atoms. The highest BCUT2D eigenvalue weighted by Crippen LogP contribution is 2.44. The molecular weight excluding hydrogens is 484 g/mol. The standard InChI is InChI=1S/C33H32N4O2/c1-21-18-27(30(23-10-6-5-7-11-23)36-29(21)24-16-14-22(20-34)15-17-24)35-31(39)37-33(4)26-13-9-8-12-25(26)32(2,3)19-28(33)38/h5-18,28,38H,19H2,1-4H3,(H2,35,37,39)/t28-,33+/m1/s1. The highest BCUT2D eigenvalue weighted by Gasteiger charge is 2.47. The maximum atomic E-state index is 13.5. The second kappa shape index (κ2) is 10.0. The Balaban J connectivity index is 1.51. The van der Waals surface area contributed by atoms with Crippen LogP contribution < -0.4 is 10.6 Å². The van der Waals surface area contributed by atoms with Crippen LogP contribution in [0.4, 0.5) is 10.5 Å². The molecule has 1 aliphatic rings. The summed E-state index contributed by atoms with van der Waals surface area (Å²) in [7, 11) is 0. The summed E-state index contributed by atoms with van der Waals surface area (Å²) in [6.07, 6.45) is -0.240. The summed E-state index contributed by atoms with van der Waals surface area (Å²) in [5.74, 6) is 0. The van der Waals surface area contributed by atoms with E-state index in [9.17, 15) is 15.2 Å². The molecule has 5 rings (SSSR count). The molecule has 0 saturated heterocycles. The van der Waals surface area contributed by atoms with Gasteiger partial charge in [0.2, 0.25) is 0 Å². The molecule has 0 spiro atoms. The Bertz CT molecular complexity index is 1570. The third-order valence-electron chi connectivity index (χ3n) is 7.75. The Morgan fingerprint density at radius 2 is 1.54 bits per heavy atom. The van der Waals surface area contributed by atoms with Crippen LogP contribution in [0, 0.1) is 18.3 Å². The van der Waals surface area contributed by atoms with Gasteiger partial charge in [-0.15, -0.1) is 0 Å². The van der Waals surface area contributed by atoms with E-state index in [-0.39, 0.29) is 5.41 Å². The second-order valence-corrected chi connectivity index (χ2v) is 11.0. The Morgan fingerprint density at radius 3 is 2.21 bits per heavy atom. The number of anilines is 1. The lowest BCUT2D eigenvalue weighted by Crippen LogP contribution is -2.57. The summed E-state index contributed by atoms with van der Waals surface area (Å²) in [5.41, 5.74) is 6.03. The lowest BCUT2D eigenvalue weighted by Gasteiger charge is -2.47. The van der Waals surface area contributed by atoms with Crippen LogP contribution in [0.3, 0.4) is 0 Å². The quantitative estimate of drug-likeness (QED) is 0.282. The first kappa shape index (κ1) is 26.1. The molecule has 0 radical (unpaired) electrons. The fourth-order valence-corrected chi connectivity index (χ4v) is 5.56. The highest BCUT2D eigenvalue weighted by atomic mass is 16.3. The van der Waals surface area contributed by atoms with E-state index < -0.39 is 17.7 Å². The zero-order valence-electron chi connectivity index (χ0n) is 22.6. The number of nitrogens with zero attached hydrogens (tertiary/aromatic N) is 2. The van der Waals surface area contributed by atoms with Crippen molar-refractivity contribution in [1.82, 2.24) is 10.3 Å². The molecule has 1 aromatic heterocycles. The third kappa shape index (κ3) is 4.89. The van der Waals surface area contributed by atoms with Crippen molar-refractivity contribution in [3.63, 3.8) is 0 Å². The summed E-state index contributed by atoms with van der Waals surface area (Å²) in [5, 5.41) is 26.5. The minimum absolute atomic E-state index is 0.212. The van der Waals surface area contributed by atoms with Gasteiger partial charge in [0.15, 0.2) is 0 Å². The molecule has 3 N–H and O–H groups in total. The zero-order chi connectivity index (χ0) is 27.8. The van der Waals surface area contributed by atoms with Crippen molar-refractivity contribution in [3.05, 3.63) is 107 Å². The van der Waals surface area contributed by atoms with Gasteiger partial charge in [-0.25, -0.2) is 9.78 Å². The Labute approximate surface area is 229 Å². The smallest absolute Gasteiger partial charge is 0.320 e. The Hall–Kier alpha value is -4.47. The normalized spacial score (nSPS) is 19.4. The van der Waals surface area contributed by atoms with Gasteiger partial charge in [0, 0.05) is 11.1 Å². The van der Waals surface area contributed by atoms with Crippen molar-refractivity contribution in [2.45, 2.75) is 51.2 Å². The van der Waals surface area contributed by atoms with Gasteiger partial charge in [-0.2, -0.15) is 5.26 Å². The van der Waals surface area contributed by atoms with Crippen LogP contribution >= 0.6 is 0 Å². The minimum atomic E-state index is -0.964.